The first-order valence-corrected chi connectivity index (χ1v) is 10.5. The van der Waals surface area contributed by atoms with Gasteiger partial charge in [0.25, 0.3) is 0 Å². The molecule has 1 aromatic heterocycles. The van der Waals surface area contributed by atoms with E-state index in [0.717, 1.165) is 21.9 Å². The highest BCUT2D eigenvalue weighted by atomic mass is 35.5. The Labute approximate surface area is 179 Å². The van der Waals surface area contributed by atoms with Crippen molar-refractivity contribution in [1.82, 2.24) is 0 Å². The smallest absolute Gasteiger partial charge is 0.198 e. The van der Waals surface area contributed by atoms with Gasteiger partial charge in [0.2, 0.25) is 0 Å². The van der Waals surface area contributed by atoms with E-state index in [9.17, 15) is 4.79 Å². The molecule has 0 N–H and O–H groups in total. The predicted octanol–water partition coefficient (Wildman–Crippen LogP) is 5.40. The van der Waals surface area contributed by atoms with Crippen LogP contribution in [0.3, 0.4) is 0 Å². The van der Waals surface area contributed by atoms with Crippen LogP contribution in [0.2, 0.25) is 5.02 Å². The largest absolute Gasteiger partial charge is 0.378 e. The number of amidine groups is 1. The van der Waals surface area contributed by atoms with Gasteiger partial charge in [-0.25, -0.2) is 5.01 Å². The van der Waals surface area contributed by atoms with Crippen LogP contribution in [0.4, 0.5) is 17.1 Å². The second-order valence-corrected chi connectivity index (χ2v) is 8.39. The molecule has 3 aromatic rings. The highest BCUT2D eigenvalue weighted by molar-refractivity contribution is 7.10. The number of ketones is 1. The van der Waals surface area contributed by atoms with Crippen molar-refractivity contribution in [3.63, 3.8) is 0 Å². The molecule has 0 amide bonds. The van der Waals surface area contributed by atoms with Gasteiger partial charge in [0.1, 0.15) is 0 Å². The van der Waals surface area contributed by atoms with Gasteiger partial charge < -0.3 is 4.90 Å². The van der Waals surface area contributed by atoms with Crippen molar-refractivity contribution in [3.8, 4) is 0 Å². The van der Waals surface area contributed by atoms with E-state index in [1.807, 2.05) is 88.9 Å². The number of Topliss-reactive ketones (excluding diaryl/α,β-unsaturated/α-hetero) is 1. The van der Waals surface area contributed by atoms with Gasteiger partial charge in [0, 0.05) is 42.3 Å². The fourth-order valence-electron chi connectivity index (χ4n) is 3.32. The number of anilines is 3. The highest BCUT2D eigenvalue weighted by Crippen LogP contribution is 2.41. The van der Waals surface area contributed by atoms with E-state index in [1.54, 1.807) is 18.3 Å². The van der Waals surface area contributed by atoms with Crippen molar-refractivity contribution < 1.29 is 4.79 Å². The molecule has 0 bridgehead atoms. The van der Waals surface area contributed by atoms with E-state index < -0.39 is 0 Å². The Morgan fingerprint density at radius 3 is 2.24 bits per heavy atom. The second kappa shape index (κ2) is 7.89. The lowest BCUT2D eigenvalue weighted by atomic mass is 10.2. The van der Waals surface area contributed by atoms with Gasteiger partial charge in [0.05, 0.1) is 5.69 Å². The summed E-state index contributed by atoms with van der Waals surface area (Å²) in [4.78, 5) is 17.7. The summed E-state index contributed by atoms with van der Waals surface area (Å²) in [5, 5.41) is 9.30. The van der Waals surface area contributed by atoms with Gasteiger partial charge in [-0.05, 0) is 60.0 Å². The van der Waals surface area contributed by atoms with E-state index >= 15 is 0 Å². The summed E-state index contributed by atoms with van der Waals surface area (Å²) in [5.74, 6) is 0.329. The first kappa shape index (κ1) is 19.5. The third-order valence-electron chi connectivity index (χ3n) is 4.75. The molecule has 0 radical (unpaired) electrons. The van der Waals surface area contributed by atoms with Crippen molar-refractivity contribution in [1.29, 1.82) is 0 Å². The molecule has 5 nitrogen and oxygen atoms in total. The van der Waals surface area contributed by atoms with E-state index in [4.69, 9.17) is 16.7 Å². The van der Waals surface area contributed by atoms with Crippen LogP contribution < -0.4 is 14.8 Å². The molecule has 1 aliphatic heterocycles. The van der Waals surface area contributed by atoms with E-state index in [-0.39, 0.29) is 11.9 Å². The number of nitrogens with zero attached hydrogens (tertiary/aromatic N) is 4. The van der Waals surface area contributed by atoms with Gasteiger partial charge in [-0.1, -0.05) is 17.7 Å². The monoisotopic (exact) mass is 424 g/mol. The first-order chi connectivity index (χ1) is 14.0. The Morgan fingerprint density at radius 2 is 1.69 bits per heavy atom. The topological polar surface area (TPSA) is 39.2 Å². The van der Waals surface area contributed by atoms with Crippen molar-refractivity contribution in [2.75, 3.05) is 28.9 Å². The van der Waals surface area contributed by atoms with Crippen molar-refractivity contribution in [2.24, 2.45) is 5.10 Å². The number of hydrazone groups is 1. The van der Waals surface area contributed by atoms with Crippen LogP contribution in [0.25, 0.3) is 0 Å². The van der Waals surface area contributed by atoms with Gasteiger partial charge >= 0.3 is 0 Å². The molecular weight excluding hydrogens is 404 g/mol. The number of halogens is 1. The maximum atomic E-state index is 12.5. The minimum absolute atomic E-state index is 0.0836. The van der Waals surface area contributed by atoms with Crippen molar-refractivity contribution in [2.45, 2.75) is 13.1 Å². The minimum atomic E-state index is -0.250. The molecule has 4 rings (SSSR count). The van der Waals surface area contributed by atoms with Crippen molar-refractivity contribution >= 4 is 51.6 Å². The molecule has 0 unspecified atom stereocenters. The van der Waals surface area contributed by atoms with Crippen LogP contribution in [-0.4, -0.2) is 25.7 Å². The normalized spacial score (nSPS) is 16.1. The Hall–Kier alpha value is -2.83. The summed E-state index contributed by atoms with van der Waals surface area (Å²) in [6, 6.07) is 19.7. The fraction of sp³-hybridized carbons (Fsp3) is 0.182. The molecule has 2 aromatic carbocycles. The average molecular weight is 425 g/mol. The standard InChI is InChI=1S/C22H21ClN4OS/c1-15(28)21-24-27(19-8-6-16(23)7-9-19)22(20-5-4-14-29-20)26(21)18-12-10-17(11-13-18)25(2)3/h4-14,22H,1-3H3/t22-/m1/s1. The number of rotatable bonds is 5. The molecule has 0 aliphatic carbocycles. The third kappa shape index (κ3) is 3.73. The SMILES string of the molecule is CC(=O)C1=NN(c2ccc(Cl)cc2)[C@H](c2cccs2)N1c1ccc(N(C)C)cc1. The zero-order valence-corrected chi connectivity index (χ0v) is 18.0. The number of thiophene rings is 1. The van der Waals surface area contributed by atoms with Crippen molar-refractivity contribution in [3.05, 3.63) is 75.9 Å². The van der Waals surface area contributed by atoms with Crippen LogP contribution in [0.15, 0.2) is 71.1 Å². The first-order valence-electron chi connectivity index (χ1n) is 9.20. The molecule has 148 valence electrons. The van der Waals surface area contributed by atoms with Crippen LogP contribution in [0.1, 0.15) is 18.0 Å². The second-order valence-electron chi connectivity index (χ2n) is 6.97. The predicted molar refractivity (Wildman–Crippen MR) is 122 cm³/mol. The highest BCUT2D eigenvalue weighted by Gasteiger charge is 2.39. The zero-order chi connectivity index (χ0) is 20.5. The number of hydrogen-bond acceptors (Lipinski definition) is 6. The molecule has 29 heavy (non-hydrogen) atoms. The van der Waals surface area contributed by atoms with E-state index in [0.29, 0.717) is 10.9 Å². The molecule has 0 saturated carbocycles. The quantitative estimate of drug-likeness (QED) is 0.550. The van der Waals surface area contributed by atoms with Crippen LogP contribution in [0, 0.1) is 0 Å². The van der Waals surface area contributed by atoms with Crippen LogP contribution in [-0.2, 0) is 4.79 Å². The van der Waals surface area contributed by atoms with E-state index in [2.05, 4.69) is 6.07 Å². The van der Waals surface area contributed by atoms with Gasteiger partial charge in [0.15, 0.2) is 17.8 Å². The summed E-state index contributed by atoms with van der Waals surface area (Å²) in [7, 11) is 4.01. The maximum absolute atomic E-state index is 12.5. The molecule has 0 spiro atoms. The Morgan fingerprint density at radius 1 is 1.03 bits per heavy atom. The summed E-state index contributed by atoms with van der Waals surface area (Å²) >= 11 is 7.72. The molecule has 1 atom stereocenters. The Bertz CT molecular complexity index is 1030. The summed E-state index contributed by atoms with van der Waals surface area (Å²) in [6.07, 6.45) is -0.250. The number of benzene rings is 2. The third-order valence-corrected chi connectivity index (χ3v) is 5.92. The minimum Gasteiger partial charge on any atom is -0.378 e. The lowest BCUT2D eigenvalue weighted by Gasteiger charge is -2.31. The molecule has 0 saturated heterocycles. The Balaban J connectivity index is 1.83. The zero-order valence-electron chi connectivity index (χ0n) is 16.4. The van der Waals surface area contributed by atoms with Crippen LogP contribution in [0.5, 0.6) is 0 Å². The molecule has 7 heteroatoms. The lowest BCUT2D eigenvalue weighted by Crippen LogP contribution is -2.37. The van der Waals surface area contributed by atoms with Gasteiger partial charge in [-0.2, -0.15) is 0 Å². The number of carbonyl (C=O) groups is 1. The average Bonchev–Trinajstić information content (AvgIpc) is 3.36. The van der Waals surface area contributed by atoms with Gasteiger partial charge in [-0.15, -0.1) is 16.4 Å². The number of hydrogen-bond donors (Lipinski definition) is 0. The number of carbonyl (C=O) groups excluding carboxylic acids is 1. The molecule has 0 fully saturated rings. The van der Waals surface area contributed by atoms with Crippen LogP contribution >= 0.6 is 22.9 Å². The van der Waals surface area contributed by atoms with Gasteiger partial charge in [-0.3, -0.25) is 9.69 Å². The molecule has 1 aliphatic rings. The lowest BCUT2D eigenvalue weighted by molar-refractivity contribution is -0.111. The molecule has 2 heterocycles. The fourth-order valence-corrected chi connectivity index (χ4v) is 4.25. The van der Waals surface area contributed by atoms with E-state index in [1.165, 1.54) is 0 Å². The summed E-state index contributed by atoms with van der Waals surface area (Å²) in [5.41, 5.74) is 2.88. The summed E-state index contributed by atoms with van der Waals surface area (Å²) in [6.45, 7) is 1.55. The maximum Gasteiger partial charge on any atom is 0.198 e. The summed E-state index contributed by atoms with van der Waals surface area (Å²) < 4.78 is 0. The Kier molecular flexibility index (Phi) is 5.30. The molecular formula is C22H21ClN4OS.